The Kier molecular flexibility index (Phi) is 4.58. The molecular weight excluding hydrogens is 340 g/mol. The highest BCUT2D eigenvalue weighted by atomic mass is 35.5. The molecule has 1 atom stereocenters. The number of benzene rings is 2. The van der Waals surface area contributed by atoms with Crippen LogP contribution in [0, 0.1) is 0 Å². The number of halogens is 1. The first-order valence-electron chi connectivity index (χ1n) is 9.67. The van der Waals surface area contributed by atoms with Gasteiger partial charge in [0.05, 0.1) is 5.54 Å². The van der Waals surface area contributed by atoms with E-state index in [1.807, 2.05) is 0 Å². The predicted molar refractivity (Wildman–Crippen MR) is 111 cm³/mol. The second kappa shape index (κ2) is 6.75. The van der Waals surface area contributed by atoms with E-state index in [1.54, 1.807) is 11.3 Å². The van der Waals surface area contributed by atoms with Crippen molar-refractivity contribution in [3.63, 3.8) is 0 Å². The molecule has 0 saturated carbocycles. The normalized spacial score (nSPS) is 22.5. The number of piperidine rings is 1. The monoisotopic (exact) mass is 366 g/mol. The van der Waals surface area contributed by atoms with Crippen molar-refractivity contribution in [3.8, 4) is 0 Å². The fraction of sp³-hybridized carbons (Fsp3) is 0.391. The molecule has 0 amide bonds. The fourth-order valence-electron chi connectivity index (χ4n) is 5.22. The zero-order chi connectivity index (χ0) is 16.9. The van der Waals surface area contributed by atoms with E-state index in [1.165, 1.54) is 55.2 Å². The summed E-state index contributed by atoms with van der Waals surface area (Å²) in [6.45, 7) is 5.93. The van der Waals surface area contributed by atoms with E-state index in [0.29, 0.717) is 0 Å². The number of rotatable bonds is 2. The molecule has 0 radical (unpaired) electrons. The molecule has 26 heavy (non-hydrogen) atoms. The van der Waals surface area contributed by atoms with Crippen LogP contribution >= 0.6 is 12.4 Å². The van der Waals surface area contributed by atoms with Gasteiger partial charge in [0, 0.05) is 29.7 Å². The van der Waals surface area contributed by atoms with Crippen LogP contribution in [0.4, 0.5) is 0 Å². The molecule has 0 bridgehead atoms. The SMILES string of the molecule is CC12CCCCN1CCc1c2n(Cc2ccccc2)c2ccccc12.Cl. The molecule has 1 saturated heterocycles. The molecule has 2 aliphatic rings. The van der Waals surface area contributed by atoms with Crippen molar-refractivity contribution in [3.05, 3.63) is 71.4 Å². The second-order valence-corrected chi connectivity index (χ2v) is 7.88. The first-order valence-corrected chi connectivity index (χ1v) is 9.67. The van der Waals surface area contributed by atoms with Gasteiger partial charge in [-0.2, -0.15) is 0 Å². The van der Waals surface area contributed by atoms with Crippen LogP contribution in [0.3, 0.4) is 0 Å². The van der Waals surface area contributed by atoms with Crippen molar-refractivity contribution in [1.29, 1.82) is 0 Å². The maximum Gasteiger partial charge on any atom is 0.0588 e. The van der Waals surface area contributed by atoms with Gasteiger partial charge >= 0.3 is 0 Å². The highest BCUT2D eigenvalue weighted by Crippen LogP contribution is 2.45. The van der Waals surface area contributed by atoms with Gasteiger partial charge < -0.3 is 4.57 Å². The Morgan fingerprint density at radius 1 is 0.923 bits per heavy atom. The third-order valence-corrected chi connectivity index (χ3v) is 6.44. The van der Waals surface area contributed by atoms with E-state index in [4.69, 9.17) is 0 Å². The number of aromatic nitrogens is 1. The number of fused-ring (bicyclic) bond motifs is 5. The van der Waals surface area contributed by atoms with E-state index < -0.39 is 0 Å². The van der Waals surface area contributed by atoms with Gasteiger partial charge in [0.1, 0.15) is 0 Å². The number of nitrogens with zero attached hydrogens (tertiary/aromatic N) is 2. The molecule has 136 valence electrons. The van der Waals surface area contributed by atoms with Gasteiger partial charge in [0.25, 0.3) is 0 Å². The lowest BCUT2D eigenvalue weighted by Crippen LogP contribution is -2.52. The summed E-state index contributed by atoms with van der Waals surface area (Å²) in [6, 6.07) is 20.0. The largest absolute Gasteiger partial charge is 0.338 e. The molecule has 0 N–H and O–H groups in total. The van der Waals surface area contributed by atoms with Crippen molar-refractivity contribution < 1.29 is 0 Å². The Hall–Kier alpha value is -1.77. The van der Waals surface area contributed by atoms with Crippen LogP contribution in [0.5, 0.6) is 0 Å². The fourth-order valence-corrected chi connectivity index (χ4v) is 5.22. The Morgan fingerprint density at radius 3 is 2.54 bits per heavy atom. The maximum atomic E-state index is 2.75. The highest BCUT2D eigenvalue weighted by Gasteiger charge is 2.43. The van der Waals surface area contributed by atoms with Crippen molar-refractivity contribution in [2.75, 3.05) is 13.1 Å². The van der Waals surface area contributed by atoms with E-state index in [9.17, 15) is 0 Å². The van der Waals surface area contributed by atoms with E-state index in [0.717, 1.165) is 6.54 Å². The van der Waals surface area contributed by atoms with Crippen molar-refractivity contribution >= 4 is 23.3 Å². The van der Waals surface area contributed by atoms with Crippen LogP contribution in [0.1, 0.15) is 43.0 Å². The summed E-state index contributed by atoms with van der Waals surface area (Å²) in [5.41, 5.74) is 6.18. The van der Waals surface area contributed by atoms with Crippen LogP contribution in [0.15, 0.2) is 54.6 Å². The maximum absolute atomic E-state index is 2.75. The summed E-state index contributed by atoms with van der Waals surface area (Å²) in [6.07, 6.45) is 5.17. The zero-order valence-electron chi connectivity index (χ0n) is 15.4. The van der Waals surface area contributed by atoms with Crippen molar-refractivity contribution in [1.82, 2.24) is 9.47 Å². The molecule has 1 aromatic heterocycles. The average molecular weight is 367 g/mol. The van der Waals surface area contributed by atoms with Gasteiger partial charge in [-0.15, -0.1) is 12.4 Å². The summed E-state index contributed by atoms with van der Waals surface area (Å²) in [5, 5.41) is 1.47. The molecular formula is C23H27ClN2. The molecule has 2 nitrogen and oxygen atoms in total. The Labute approximate surface area is 162 Å². The molecule has 1 fully saturated rings. The predicted octanol–water partition coefficient (Wildman–Crippen LogP) is 5.37. The third-order valence-electron chi connectivity index (χ3n) is 6.44. The summed E-state index contributed by atoms with van der Waals surface area (Å²) in [5.74, 6) is 0. The van der Waals surface area contributed by atoms with Crippen LogP contribution in [-0.4, -0.2) is 22.6 Å². The standard InChI is InChI=1S/C23H26N2.ClH/c1-23-14-7-8-15-24(23)16-13-20-19-11-5-6-12-21(19)25(22(20)23)17-18-9-3-2-4-10-18;/h2-6,9-12H,7-8,13-17H2,1H3;1H. The first-order chi connectivity index (χ1) is 12.3. The Bertz CT molecular complexity index is 915. The second-order valence-electron chi connectivity index (χ2n) is 7.88. The average Bonchev–Trinajstić information content (AvgIpc) is 2.97. The van der Waals surface area contributed by atoms with Crippen LogP contribution in [0.25, 0.3) is 10.9 Å². The zero-order valence-corrected chi connectivity index (χ0v) is 16.3. The lowest BCUT2D eigenvalue weighted by Gasteiger charge is -2.49. The van der Waals surface area contributed by atoms with Crippen LogP contribution < -0.4 is 0 Å². The minimum atomic E-state index is 0. The van der Waals surface area contributed by atoms with Gasteiger partial charge in [-0.3, -0.25) is 4.90 Å². The number of para-hydroxylation sites is 1. The van der Waals surface area contributed by atoms with Gasteiger partial charge in [-0.05, 0) is 56.3 Å². The number of hydrogen-bond acceptors (Lipinski definition) is 1. The summed E-state index contributed by atoms with van der Waals surface area (Å²) < 4.78 is 2.62. The summed E-state index contributed by atoms with van der Waals surface area (Å²) >= 11 is 0. The van der Waals surface area contributed by atoms with Gasteiger partial charge in [0.15, 0.2) is 0 Å². The van der Waals surface area contributed by atoms with Crippen LogP contribution in [0.2, 0.25) is 0 Å². The minimum Gasteiger partial charge on any atom is -0.338 e. The molecule has 3 heteroatoms. The molecule has 2 aromatic carbocycles. The van der Waals surface area contributed by atoms with E-state index in [-0.39, 0.29) is 17.9 Å². The molecule has 1 unspecified atom stereocenters. The topological polar surface area (TPSA) is 8.17 Å². The Morgan fingerprint density at radius 2 is 1.69 bits per heavy atom. The number of hydrogen-bond donors (Lipinski definition) is 0. The minimum absolute atomic E-state index is 0. The van der Waals surface area contributed by atoms with Crippen molar-refractivity contribution in [2.24, 2.45) is 0 Å². The van der Waals surface area contributed by atoms with Gasteiger partial charge in [-0.25, -0.2) is 0 Å². The van der Waals surface area contributed by atoms with E-state index in [2.05, 4.69) is 71.0 Å². The Balaban J connectivity index is 0.00000168. The van der Waals surface area contributed by atoms with E-state index >= 15 is 0 Å². The smallest absolute Gasteiger partial charge is 0.0588 e. The molecule has 0 spiro atoms. The van der Waals surface area contributed by atoms with Gasteiger partial charge in [-0.1, -0.05) is 48.5 Å². The van der Waals surface area contributed by atoms with Crippen LogP contribution in [-0.2, 0) is 18.5 Å². The molecule has 3 aromatic rings. The summed E-state index contributed by atoms with van der Waals surface area (Å²) in [7, 11) is 0. The molecule has 5 rings (SSSR count). The molecule has 0 aliphatic carbocycles. The van der Waals surface area contributed by atoms with Crippen molar-refractivity contribution in [2.45, 2.75) is 44.7 Å². The van der Waals surface area contributed by atoms with Gasteiger partial charge in [0.2, 0.25) is 0 Å². The lowest BCUT2D eigenvalue weighted by atomic mass is 9.79. The molecule has 2 aliphatic heterocycles. The third kappa shape index (κ3) is 2.59. The molecule has 3 heterocycles. The quantitative estimate of drug-likeness (QED) is 0.592. The highest BCUT2D eigenvalue weighted by molar-refractivity contribution is 5.86. The lowest BCUT2D eigenvalue weighted by molar-refractivity contribution is 0.0431. The first kappa shape index (κ1) is 17.6. The summed E-state index contributed by atoms with van der Waals surface area (Å²) in [4.78, 5) is 2.75.